The smallest absolute Gasteiger partial charge is 0.389 e. The van der Waals surface area contributed by atoms with Crippen molar-refractivity contribution in [3.05, 3.63) is 29.6 Å². The number of carbonyl (C=O) groups is 1. The van der Waals surface area contributed by atoms with E-state index in [-0.39, 0.29) is 0 Å². The Hall–Kier alpha value is -1.84. The van der Waals surface area contributed by atoms with E-state index in [4.69, 9.17) is 5.11 Å². The first kappa shape index (κ1) is 17.2. The minimum atomic E-state index is -4.49. The van der Waals surface area contributed by atoms with Gasteiger partial charge in [-0.05, 0) is 18.6 Å². The third-order valence-corrected chi connectivity index (χ3v) is 3.72. The molecule has 0 aliphatic carbocycles. The fourth-order valence-corrected chi connectivity index (χ4v) is 2.64. The molecule has 0 fully saturated rings. The number of hydrogen-bond acceptors (Lipinski definition) is 3. The number of anilines is 1. The van der Waals surface area contributed by atoms with Gasteiger partial charge in [0.05, 0.1) is 11.4 Å². The van der Waals surface area contributed by atoms with Crippen molar-refractivity contribution in [3.8, 4) is 0 Å². The van der Waals surface area contributed by atoms with Crippen LogP contribution in [0.25, 0.3) is 0 Å². The molecule has 10 heteroatoms. The van der Waals surface area contributed by atoms with Crippen molar-refractivity contribution in [1.82, 2.24) is 0 Å². The van der Waals surface area contributed by atoms with E-state index < -0.39 is 57.8 Å². The number of nitrogens with one attached hydrogen (secondary N) is 1. The molecule has 118 valence electrons. The molecule has 2 N–H and O–H groups in total. The first-order valence-corrected chi connectivity index (χ1v) is 7.26. The van der Waals surface area contributed by atoms with Gasteiger partial charge in [0.2, 0.25) is 10.0 Å². The Kier molecular flexibility index (Phi) is 5.15. The van der Waals surface area contributed by atoms with Crippen LogP contribution in [0.5, 0.6) is 0 Å². The maximum atomic E-state index is 13.3. The van der Waals surface area contributed by atoms with Gasteiger partial charge in [0.1, 0.15) is 11.4 Å². The number of aromatic carboxylic acids is 1. The van der Waals surface area contributed by atoms with Crippen LogP contribution in [0.2, 0.25) is 0 Å². The van der Waals surface area contributed by atoms with Crippen molar-refractivity contribution in [1.29, 1.82) is 0 Å². The summed E-state index contributed by atoms with van der Waals surface area (Å²) in [4.78, 5) is 10.9. The SMILES string of the molecule is O=C(O)c1c(F)cccc1NS(=O)(=O)CCCC(F)(F)F. The van der Waals surface area contributed by atoms with Gasteiger partial charge >= 0.3 is 12.1 Å². The number of hydrogen-bond donors (Lipinski definition) is 2. The number of alkyl halides is 3. The van der Waals surface area contributed by atoms with Gasteiger partial charge in [-0.3, -0.25) is 4.72 Å². The summed E-state index contributed by atoms with van der Waals surface area (Å²) < 4.78 is 74.1. The van der Waals surface area contributed by atoms with Gasteiger partial charge in [-0.15, -0.1) is 0 Å². The standard InChI is InChI=1S/C11H11F4NO4S/c12-7-3-1-4-8(9(7)10(17)18)16-21(19,20)6-2-5-11(13,14)15/h1,3-4,16H,2,5-6H2,(H,17,18). The summed E-state index contributed by atoms with van der Waals surface area (Å²) in [6, 6.07) is 2.91. The molecular weight excluding hydrogens is 318 g/mol. The van der Waals surface area contributed by atoms with Crippen LogP contribution >= 0.6 is 0 Å². The molecule has 0 aliphatic heterocycles. The van der Waals surface area contributed by atoms with E-state index in [2.05, 4.69) is 0 Å². The van der Waals surface area contributed by atoms with Gasteiger partial charge in [-0.25, -0.2) is 17.6 Å². The lowest BCUT2D eigenvalue weighted by molar-refractivity contribution is -0.134. The summed E-state index contributed by atoms with van der Waals surface area (Å²) in [6.45, 7) is 0. The summed E-state index contributed by atoms with van der Waals surface area (Å²) in [6.07, 6.45) is -6.46. The number of carboxylic acids is 1. The molecule has 1 rings (SSSR count). The Morgan fingerprint density at radius 1 is 1.29 bits per heavy atom. The van der Waals surface area contributed by atoms with Crippen molar-refractivity contribution in [3.63, 3.8) is 0 Å². The molecule has 0 spiro atoms. The highest BCUT2D eigenvalue weighted by molar-refractivity contribution is 7.92. The Morgan fingerprint density at radius 2 is 1.90 bits per heavy atom. The predicted molar refractivity (Wildman–Crippen MR) is 66.1 cm³/mol. The van der Waals surface area contributed by atoms with Gasteiger partial charge < -0.3 is 5.11 Å². The molecule has 5 nitrogen and oxygen atoms in total. The number of rotatable bonds is 6. The third kappa shape index (κ3) is 5.58. The lowest BCUT2D eigenvalue weighted by atomic mass is 10.2. The molecule has 0 aliphatic rings. The topological polar surface area (TPSA) is 83.5 Å². The van der Waals surface area contributed by atoms with Crippen molar-refractivity contribution in [2.45, 2.75) is 19.0 Å². The lowest BCUT2D eigenvalue weighted by Gasteiger charge is -2.11. The van der Waals surface area contributed by atoms with Crippen molar-refractivity contribution in [2.24, 2.45) is 0 Å². The van der Waals surface area contributed by atoms with E-state index in [1.807, 2.05) is 0 Å². The molecule has 0 bridgehead atoms. The van der Waals surface area contributed by atoms with Crippen molar-refractivity contribution < 1.29 is 35.9 Å². The van der Waals surface area contributed by atoms with Crippen LogP contribution in [-0.2, 0) is 10.0 Å². The molecule has 21 heavy (non-hydrogen) atoms. The van der Waals surface area contributed by atoms with Crippen LogP contribution in [0.4, 0.5) is 23.2 Å². The second-order valence-corrected chi connectivity index (χ2v) is 5.95. The Morgan fingerprint density at radius 3 is 2.43 bits per heavy atom. The summed E-state index contributed by atoms with van der Waals surface area (Å²) in [5, 5.41) is 8.80. The third-order valence-electron chi connectivity index (χ3n) is 2.37. The molecular formula is C11H11F4NO4S. The van der Waals surface area contributed by atoms with Crippen LogP contribution < -0.4 is 4.72 Å². The first-order valence-electron chi connectivity index (χ1n) is 5.61. The van der Waals surface area contributed by atoms with Gasteiger partial charge in [0.25, 0.3) is 0 Å². The minimum Gasteiger partial charge on any atom is -0.478 e. The maximum absolute atomic E-state index is 13.3. The molecule has 0 unspecified atom stereocenters. The maximum Gasteiger partial charge on any atom is 0.389 e. The highest BCUT2D eigenvalue weighted by Crippen LogP contribution is 2.23. The summed E-state index contributed by atoms with van der Waals surface area (Å²) >= 11 is 0. The van der Waals surface area contributed by atoms with Gasteiger partial charge in [-0.1, -0.05) is 6.07 Å². The molecule has 0 radical (unpaired) electrons. The monoisotopic (exact) mass is 329 g/mol. The van der Waals surface area contributed by atoms with Crippen LogP contribution in [0, 0.1) is 5.82 Å². The second-order valence-electron chi connectivity index (χ2n) is 4.11. The van der Waals surface area contributed by atoms with Gasteiger partial charge in [0, 0.05) is 6.42 Å². The van der Waals surface area contributed by atoms with E-state index in [1.54, 1.807) is 4.72 Å². The molecule has 1 aromatic carbocycles. The van der Waals surface area contributed by atoms with Crippen LogP contribution in [0.3, 0.4) is 0 Å². The normalized spacial score (nSPS) is 12.2. The molecule has 0 amide bonds. The fourth-order valence-electron chi connectivity index (χ4n) is 1.51. The highest BCUT2D eigenvalue weighted by atomic mass is 32.2. The Balaban J connectivity index is 2.85. The highest BCUT2D eigenvalue weighted by Gasteiger charge is 2.28. The molecule has 0 aromatic heterocycles. The summed E-state index contributed by atoms with van der Waals surface area (Å²) in [5.74, 6) is -3.71. The number of benzene rings is 1. The molecule has 0 saturated carbocycles. The van der Waals surface area contributed by atoms with Gasteiger partial charge in [-0.2, -0.15) is 13.2 Å². The predicted octanol–water partition coefficient (Wildman–Crippen LogP) is 2.61. The fraction of sp³-hybridized carbons (Fsp3) is 0.364. The Labute approximate surface area is 117 Å². The van der Waals surface area contributed by atoms with Crippen molar-refractivity contribution >= 4 is 21.7 Å². The zero-order valence-corrected chi connectivity index (χ0v) is 11.3. The largest absolute Gasteiger partial charge is 0.478 e. The minimum absolute atomic E-state index is 0.533. The van der Waals surface area contributed by atoms with Crippen LogP contribution in [0.1, 0.15) is 23.2 Å². The van der Waals surface area contributed by atoms with E-state index in [0.717, 1.165) is 18.2 Å². The van der Waals surface area contributed by atoms with E-state index in [1.165, 1.54) is 0 Å². The Bertz CT molecular complexity index is 628. The van der Waals surface area contributed by atoms with E-state index in [9.17, 15) is 30.8 Å². The molecule has 0 saturated heterocycles. The summed E-state index contributed by atoms with van der Waals surface area (Å²) in [7, 11) is -4.21. The first-order chi connectivity index (χ1) is 9.52. The summed E-state index contributed by atoms with van der Waals surface area (Å²) in [5.41, 5.74) is -1.42. The van der Waals surface area contributed by atoms with E-state index >= 15 is 0 Å². The van der Waals surface area contributed by atoms with Crippen LogP contribution in [-0.4, -0.2) is 31.4 Å². The number of halogens is 4. The lowest BCUT2D eigenvalue weighted by Crippen LogP contribution is -2.20. The molecule has 0 atom stereocenters. The average molecular weight is 329 g/mol. The van der Waals surface area contributed by atoms with Crippen LogP contribution in [0.15, 0.2) is 18.2 Å². The second kappa shape index (κ2) is 6.29. The average Bonchev–Trinajstić information content (AvgIpc) is 2.25. The number of carboxylic acid groups (broad SMARTS) is 1. The zero-order valence-electron chi connectivity index (χ0n) is 10.4. The number of sulfonamides is 1. The van der Waals surface area contributed by atoms with Gasteiger partial charge in [0.15, 0.2) is 0 Å². The molecule has 0 heterocycles. The quantitative estimate of drug-likeness (QED) is 0.786. The van der Waals surface area contributed by atoms with Crippen molar-refractivity contribution in [2.75, 3.05) is 10.5 Å². The van der Waals surface area contributed by atoms with E-state index in [0.29, 0.717) is 0 Å². The zero-order chi connectivity index (χ0) is 16.3. The molecule has 1 aromatic rings.